The van der Waals surface area contributed by atoms with Gasteiger partial charge in [0.1, 0.15) is 0 Å². The van der Waals surface area contributed by atoms with E-state index in [1.807, 2.05) is 17.5 Å². The number of aliphatic hydroxyl groups is 1. The van der Waals surface area contributed by atoms with E-state index in [0.29, 0.717) is 0 Å². The maximum atomic E-state index is 8.99. The van der Waals surface area contributed by atoms with Crippen LogP contribution in [0.2, 0.25) is 0 Å². The van der Waals surface area contributed by atoms with Crippen LogP contribution in [0.3, 0.4) is 0 Å². The summed E-state index contributed by atoms with van der Waals surface area (Å²) in [6.45, 7) is 0.0455. The molecule has 0 unspecified atom stereocenters. The van der Waals surface area contributed by atoms with E-state index in [9.17, 15) is 0 Å². The normalized spacial score (nSPS) is 10.9. The minimum atomic E-state index is 0.0455. The fourth-order valence-electron chi connectivity index (χ4n) is 1.26. The number of hydrogen-bond donors (Lipinski definition) is 2. The van der Waals surface area contributed by atoms with Crippen LogP contribution >= 0.6 is 27.3 Å². The summed E-state index contributed by atoms with van der Waals surface area (Å²) >= 11 is 5.05. The highest BCUT2D eigenvalue weighted by atomic mass is 79.9. The quantitative estimate of drug-likeness (QED) is 0.826. The molecule has 2 aromatic rings. The number of aliphatic hydroxyl groups excluding tert-OH is 1. The molecule has 2 rings (SSSR count). The summed E-state index contributed by atoms with van der Waals surface area (Å²) in [5, 5.41) is 11.9. The molecule has 4 heteroatoms. The van der Waals surface area contributed by atoms with Gasteiger partial charge in [-0.15, -0.1) is 11.3 Å². The molecule has 0 fully saturated rings. The number of hydrogen-bond acceptors (Lipinski definition) is 3. The van der Waals surface area contributed by atoms with Crippen LogP contribution in [0.15, 0.2) is 22.0 Å². The highest BCUT2D eigenvalue weighted by molar-refractivity contribution is 9.10. The Morgan fingerprint density at radius 2 is 2.23 bits per heavy atom. The van der Waals surface area contributed by atoms with Gasteiger partial charge in [-0.25, -0.2) is 0 Å². The molecule has 0 aliphatic rings. The van der Waals surface area contributed by atoms with Gasteiger partial charge in [-0.2, -0.15) is 0 Å². The van der Waals surface area contributed by atoms with Gasteiger partial charge in [-0.05, 0) is 33.6 Å². The average Bonchev–Trinajstić information content (AvgIpc) is 2.48. The summed E-state index contributed by atoms with van der Waals surface area (Å²) in [4.78, 5) is 0. The topological polar surface area (TPSA) is 46.2 Å². The van der Waals surface area contributed by atoms with Crippen molar-refractivity contribution < 1.29 is 5.11 Å². The van der Waals surface area contributed by atoms with Crippen molar-refractivity contribution in [2.24, 2.45) is 0 Å². The number of fused-ring (bicyclic) bond motifs is 1. The second kappa shape index (κ2) is 3.29. The summed E-state index contributed by atoms with van der Waals surface area (Å²) in [6.07, 6.45) is 0. The van der Waals surface area contributed by atoms with E-state index >= 15 is 0 Å². The first kappa shape index (κ1) is 8.99. The SMILES string of the molecule is Nc1csc2c(Br)cc(CO)cc12. The third kappa shape index (κ3) is 1.45. The second-order valence-electron chi connectivity index (χ2n) is 2.80. The maximum Gasteiger partial charge on any atom is 0.0682 e. The van der Waals surface area contributed by atoms with Crippen molar-refractivity contribution in [1.82, 2.24) is 0 Å². The first-order valence-corrected chi connectivity index (χ1v) is 5.45. The molecular weight excluding hydrogens is 250 g/mol. The highest BCUT2D eigenvalue weighted by Gasteiger charge is 2.06. The molecule has 1 aromatic heterocycles. The number of nitrogens with two attached hydrogens (primary N) is 1. The molecule has 1 heterocycles. The summed E-state index contributed by atoms with van der Waals surface area (Å²) in [5.74, 6) is 0. The van der Waals surface area contributed by atoms with Crippen LogP contribution in [0.25, 0.3) is 10.1 Å². The molecule has 68 valence electrons. The average molecular weight is 258 g/mol. The number of rotatable bonds is 1. The van der Waals surface area contributed by atoms with Gasteiger partial charge in [-0.1, -0.05) is 0 Å². The molecule has 0 saturated heterocycles. The van der Waals surface area contributed by atoms with Crippen LogP contribution < -0.4 is 5.73 Å². The highest BCUT2D eigenvalue weighted by Crippen LogP contribution is 2.34. The smallest absolute Gasteiger partial charge is 0.0682 e. The van der Waals surface area contributed by atoms with Crippen LogP contribution in [-0.4, -0.2) is 5.11 Å². The Morgan fingerprint density at radius 3 is 2.92 bits per heavy atom. The van der Waals surface area contributed by atoms with E-state index in [1.54, 1.807) is 11.3 Å². The second-order valence-corrected chi connectivity index (χ2v) is 4.54. The predicted octanol–water partition coefficient (Wildman–Crippen LogP) is 2.74. The van der Waals surface area contributed by atoms with Gasteiger partial charge in [0, 0.05) is 15.2 Å². The first-order chi connectivity index (χ1) is 6.22. The van der Waals surface area contributed by atoms with Crippen LogP contribution in [0.5, 0.6) is 0 Å². The minimum absolute atomic E-state index is 0.0455. The largest absolute Gasteiger partial charge is 0.398 e. The van der Waals surface area contributed by atoms with Crippen molar-refractivity contribution in [3.05, 3.63) is 27.5 Å². The summed E-state index contributed by atoms with van der Waals surface area (Å²) in [7, 11) is 0. The van der Waals surface area contributed by atoms with Crippen molar-refractivity contribution in [2.75, 3.05) is 5.73 Å². The lowest BCUT2D eigenvalue weighted by Gasteiger charge is -1.99. The van der Waals surface area contributed by atoms with E-state index in [-0.39, 0.29) is 6.61 Å². The Bertz CT molecular complexity index is 452. The molecule has 0 spiro atoms. The zero-order valence-electron chi connectivity index (χ0n) is 6.75. The molecule has 0 amide bonds. The van der Waals surface area contributed by atoms with Gasteiger partial charge in [0.15, 0.2) is 0 Å². The van der Waals surface area contributed by atoms with E-state index in [4.69, 9.17) is 10.8 Å². The third-order valence-corrected chi connectivity index (χ3v) is 3.84. The third-order valence-electron chi connectivity index (χ3n) is 1.90. The van der Waals surface area contributed by atoms with Crippen molar-refractivity contribution in [2.45, 2.75) is 6.61 Å². The number of anilines is 1. The van der Waals surface area contributed by atoms with Crippen LogP contribution in [0.1, 0.15) is 5.56 Å². The van der Waals surface area contributed by atoms with Crippen LogP contribution in [0.4, 0.5) is 5.69 Å². The van der Waals surface area contributed by atoms with E-state index in [1.165, 1.54) is 0 Å². The Kier molecular flexibility index (Phi) is 2.27. The number of halogens is 1. The van der Waals surface area contributed by atoms with E-state index < -0.39 is 0 Å². The Labute approximate surface area is 88.1 Å². The lowest BCUT2D eigenvalue weighted by Crippen LogP contribution is -1.85. The summed E-state index contributed by atoms with van der Waals surface area (Å²) < 4.78 is 2.13. The number of nitrogen functional groups attached to an aromatic ring is 1. The van der Waals surface area contributed by atoms with Gasteiger partial charge in [0.2, 0.25) is 0 Å². The fourth-order valence-corrected chi connectivity index (χ4v) is 2.90. The standard InChI is InChI=1S/C9H8BrNOS/c10-7-2-5(3-12)1-6-8(11)4-13-9(6)7/h1-2,4,12H,3,11H2. The lowest BCUT2D eigenvalue weighted by atomic mass is 10.1. The molecule has 0 radical (unpaired) electrons. The Morgan fingerprint density at radius 1 is 1.46 bits per heavy atom. The first-order valence-electron chi connectivity index (χ1n) is 3.78. The van der Waals surface area contributed by atoms with Crippen LogP contribution in [0, 0.1) is 0 Å². The van der Waals surface area contributed by atoms with E-state index in [0.717, 1.165) is 25.8 Å². The van der Waals surface area contributed by atoms with Crippen molar-refractivity contribution in [1.29, 1.82) is 0 Å². The van der Waals surface area contributed by atoms with Gasteiger partial charge in [0.05, 0.1) is 17.0 Å². The molecule has 0 aliphatic heterocycles. The zero-order valence-corrected chi connectivity index (χ0v) is 9.15. The Hall–Kier alpha value is -0.580. The van der Waals surface area contributed by atoms with Crippen molar-refractivity contribution in [3.63, 3.8) is 0 Å². The fraction of sp³-hybridized carbons (Fsp3) is 0.111. The minimum Gasteiger partial charge on any atom is -0.398 e. The molecule has 2 nitrogen and oxygen atoms in total. The number of thiophene rings is 1. The maximum absolute atomic E-state index is 8.99. The summed E-state index contributed by atoms with van der Waals surface area (Å²) in [5.41, 5.74) is 7.43. The van der Waals surface area contributed by atoms with Gasteiger partial charge in [-0.3, -0.25) is 0 Å². The van der Waals surface area contributed by atoms with E-state index in [2.05, 4.69) is 15.9 Å². The van der Waals surface area contributed by atoms with Crippen LogP contribution in [-0.2, 0) is 6.61 Å². The molecule has 3 N–H and O–H groups in total. The number of benzene rings is 1. The molecule has 0 aliphatic carbocycles. The molecule has 0 saturated carbocycles. The van der Waals surface area contributed by atoms with Crippen molar-refractivity contribution >= 4 is 43.0 Å². The molecule has 0 bridgehead atoms. The zero-order chi connectivity index (χ0) is 9.42. The lowest BCUT2D eigenvalue weighted by molar-refractivity contribution is 0.282. The molecule has 0 atom stereocenters. The van der Waals surface area contributed by atoms with Crippen molar-refractivity contribution in [3.8, 4) is 0 Å². The molecular formula is C9H8BrNOS. The predicted molar refractivity (Wildman–Crippen MR) is 59.9 cm³/mol. The summed E-state index contributed by atoms with van der Waals surface area (Å²) in [6, 6.07) is 3.84. The van der Waals surface area contributed by atoms with Gasteiger partial charge < -0.3 is 10.8 Å². The Balaban J connectivity index is 2.80. The molecule has 1 aromatic carbocycles. The van der Waals surface area contributed by atoms with Gasteiger partial charge in [0.25, 0.3) is 0 Å². The molecule has 13 heavy (non-hydrogen) atoms. The monoisotopic (exact) mass is 257 g/mol. The van der Waals surface area contributed by atoms with Gasteiger partial charge >= 0.3 is 0 Å².